The molecule has 6 nitrogen and oxygen atoms in total. The lowest BCUT2D eigenvalue weighted by Crippen LogP contribution is -2.35. The molecule has 0 bridgehead atoms. The third kappa shape index (κ3) is 6.84. The number of anilines is 1. The number of rotatable bonds is 9. The van der Waals surface area contributed by atoms with Crippen molar-refractivity contribution in [2.45, 2.75) is 39.8 Å². The first-order valence-corrected chi connectivity index (χ1v) is 10.0. The van der Waals surface area contributed by atoms with Crippen molar-refractivity contribution in [3.8, 4) is 0 Å². The highest BCUT2D eigenvalue weighted by Crippen LogP contribution is 2.17. The molecule has 0 aliphatic heterocycles. The number of esters is 1. The number of carbonyl (C=O) groups is 2. The first kappa shape index (κ1) is 21.2. The molecule has 2 rings (SSSR count). The van der Waals surface area contributed by atoms with Gasteiger partial charge in [-0.25, -0.2) is 9.78 Å². The van der Waals surface area contributed by atoms with E-state index in [0.29, 0.717) is 16.1 Å². The van der Waals surface area contributed by atoms with Gasteiger partial charge >= 0.3 is 5.97 Å². The fraction of sp³-hybridized carbons (Fsp3) is 0.421. The highest BCUT2D eigenvalue weighted by Gasteiger charge is 2.20. The number of carbonyl (C=O) groups excluding carboxylic acids is 2. The van der Waals surface area contributed by atoms with E-state index >= 15 is 0 Å². The molecule has 1 heterocycles. The van der Waals surface area contributed by atoms with Crippen LogP contribution in [0.4, 0.5) is 5.13 Å². The molecule has 0 fully saturated rings. The van der Waals surface area contributed by atoms with Crippen LogP contribution >= 0.6 is 22.9 Å². The highest BCUT2D eigenvalue weighted by atomic mass is 35.5. The Morgan fingerprint density at radius 3 is 2.70 bits per heavy atom. The summed E-state index contributed by atoms with van der Waals surface area (Å²) in [6.07, 6.45) is 0.0844. The topological polar surface area (TPSA) is 80.3 Å². The number of ether oxygens (including phenoxy) is 1. The van der Waals surface area contributed by atoms with E-state index in [-0.39, 0.29) is 12.2 Å². The summed E-state index contributed by atoms with van der Waals surface area (Å²) in [6.45, 7) is 6.87. The molecule has 0 unspecified atom stereocenters. The molecule has 0 aliphatic carbocycles. The van der Waals surface area contributed by atoms with Crippen molar-refractivity contribution in [2.75, 3.05) is 11.9 Å². The Bertz CT molecular complexity index is 779. The summed E-state index contributed by atoms with van der Waals surface area (Å²) in [4.78, 5) is 28.5. The molecule has 0 spiro atoms. The van der Waals surface area contributed by atoms with Gasteiger partial charge in [-0.15, -0.1) is 11.3 Å². The zero-order chi connectivity index (χ0) is 19.8. The van der Waals surface area contributed by atoms with E-state index in [9.17, 15) is 9.59 Å². The van der Waals surface area contributed by atoms with Crippen molar-refractivity contribution in [1.29, 1.82) is 0 Å². The van der Waals surface area contributed by atoms with Crippen molar-refractivity contribution in [2.24, 2.45) is 5.92 Å². The third-order valence-corrected chi connectivity index (χ3v) is 4.94. The molecule has 1 amide bonds. The van der Waals surface area contributed by atoms with Gasteiger partial charge in [-0.3, -0.25) is 4.79 Å². The summed E-state index contributed by atoms with van der Waals surface area (Å²) < 4.78 is 5.21. The smallest absolute Gasteiger partial charge is 0.358 e. The van der Waals surface area contributed by atoms with Gasteiger partial charge in [0.05, 0.1) is 0 Å². The maximum absolute atomic E-state index is 12.2. The molecule has 0 saturated carbocycles. The Labute approximate surface area is 168 Å². The summed E-state index contributed by atoms with van der Waals surface area (Å²) >= 11 is 7.39. The fourth-order valence-corrected chi connectivity index (χ4v) is 3.07. The predicted octanol–water partition coefficient (Wildman–Crippen LogP) is 4.12. The van der Waals surface area contributed by atoms with E-state index in [0.717, 1.165) is 18.5 Å². The number of thiazole rings is 1. The summed E-state index contributed by atoms with van der Waals surface area (Å²) in [7, 11) is 0. The van der Waals surface area contributed by atoms with Gasteiger partial charge in [0.25, 0.3) is 5.91 Å². The molecule has 27 heavy (non-hydrogen) atoms. The predicted molar refractivity (Wildman–Crippen MR) is 108 cm³/mol. The molecule has 8 heteroatoms. The normalized spacial score (nSPS) is 11.9. The zero-order valence-electron chi connectivity index (χ0n) is 15.6. The van der Waals surface area contributed by atoms with Gasteiger partial charge in [0.2, 0.25) is 0 Å². The van der Waals surface area contributed by atoms with Crippen molar-refractivity contribution in [3.63, 3.8) is 0 Å². The zero-order valence-corrected chi connectivity index (χ0v) is 17.2. The van der Waals surface area contributed by atoms with Crippen molar-refractivity contribution in [1.82, 2.24) is 10.3 Å². The molecule has 1 aromatic heterocycles. The van der Waals surface area contributed by atoms with E-state index in [1.807, 2.05) is 18.2 Å². The molecular weight excluding hydrogens is 386 g/mol. The number of nitrogens with zero attached hydrogens (tertiary/aromatic N) is 1. The van der Waals surface area contributed by atoms with Gasteiger partial charge in [-0.05, 0) is 30.9 Å². The Hall–Kier alpha value is -2.12. The van der Waals surface area contributed by atoms with Crippen LogP contribution in [0.15, 0.2) is 29.6 Å². The average Bonchev–Trinajstić information content (AvgIpc) is 3.09. The van der Waals surface area contributed by atoms with E-state index in [4.69, 9.17) is 16.3 Å². The summed E-state index contributed by atoms with van der Waals surface area (Å²) in [5.74, 6) is -0.427. The number of hydrogen-bond acceptors (Lipinski definition) is 6. The number of aromatic nitrogens is 1. The van der Waals surface area contributed by atoms with Crippen LogP contribution in [0.2, 0.25) is 5.02 Å². The number of amides is 1. The molecule has 1 aromatic carbocycles. The molecular formula is C19H24ClN3O3S. The van der Waals surface area contributed by atoms with Crippen LogP contribution in [0.25, 0.3) is 0 Å². The molecule has 1 atom stereocenters. The van der Waals surface area contributed by atoms with Crippen LogP contribution in [-0.4, -0.2) is 29.5 Å². The van der Waals surface area contributed by atoms with Gasteiger partial charge in [0.15, 0.2) is 16.9 Å². The largest absolute Gasteiger partial charge is 0.448 e. The Kier molecular flexibility index (Phi) is 8.06. The molecule has 0 radical (unpaired) electrons. The maximum Gasteiger partial charge on any atom is 0.358 e. The second-order valence-corrected chi connectivity index (χ2v) is 7.77. The molecule has 0 saturated heterocycles. The van der Waals surface area contributed by atoms with E-state index < -0.39 is 18.0 Å². The third-order valence-electron chi connectivity index (χ3n) is 3.78. The minimum absolute atomic E-state index is 0.192. The lowest BCUT2D eigenvalue weighted by Gasteiger charge is -2.13. The standard InChI is InChI=1S/C19H24ClN3O3S/c1-12(2)8-9-21-19-23-16(11-27-19)18(25)26-13(3)17(24)22-10-14-6-4-5-7-15(14)20/h4-7,11-13H,8-10H2,1-3H3,(H,21,23)(H,22,24)/t13-/m0/s1. The lowest BCUT2D eigenvalue weighted by molar-refractivity contribution is -0.129. The second kappa shape index (κ2) is 10.3. The molecule has 2 N–H and O–H groups in total. The van der Waals surface area contributed by atoms with Gasteiger partial charge in [-0.1, -0.05) is 43.6 Å². The van der Waals surface area contributed by atoms with Crippen LogP contribution in [-0.2, 0) is 16.1 Å². The minimum atomic E-state index is -0.931. The molecule has 2 aromatic rings. The summed E-state index contributed by atoms with van der Waals surface area (Å²) in [6, 6.07) is 7.23. The number of benzene rings is 1. The number of hydrogen-bond donors (Lipinski definition) is 2. The van der Waals surface area contributed by atoms with Crippen LogP contribution in [0.5, 0.6) is 0 Å². The van der Waals surface area contributed by atoms with Crippen LogP contribution < -0.4 is 10.6 Å². The van der Waals surface area contributed by atoms with E-state index in [1.54, 1.807) is 11.4 Å². The van der Waals surface area contributed by atoms with Crippen LogP contribution in [0.3, 0.4) is 0 Å². The first-order chi connectivity index (χ1) is 12.9. The quantitative estimate of drug-likeness (QED) is 0.609. The van der Waals surface area contributed by atoms with Gasteiger partial charge in [-0.2, -0.15) is 0 Å². The summed E-state index contributed by atoms with van der Waals surface area (Å²) in [5.41, 5.74) is 0.987. The molecule has 146 valence electrons. The van der Waals surface area contributed by atoms with Crippen LogP contribution in [0, 0.1) is 5.92 Å². The first-order valence-electron chi connectivity index (χ1n) is 8.78. The minimum Gasteiger partial charge on any atom is -0.448 e. The van der Waals surface area contributed by atoms with Crippen molar-refractivity contribution in [3.05, 3.63) is 45.9 Å². The second-order valence-electron chi connectivity index (χ2n) is 6.50. The number of halogens is 1. The highest BCUT2D eigenvalue weighted by molar-refractivity contribution is 7.13. The average molecular weight is 410 g/mol. The monoisotopic (exact) mass is 409 g/mol. The lowest BCUT2D eigenvalue weighted by atomic mass is 10.1. The van der Waals surface area contributed by atoms with Gasteiger partial charge in [0.1, 0.15) is 0 Å². The molecule has 0 aliphatic rings. The Balaban J connectivity index is 1.81. The van der Waals surface area contributed by atoms with E-state index in [1.165, 1.54) is 18.3 Å². The fourth-order valence-electron chi connectivity index (χ4n) is 2.16. The van der Waals surface area contributed by atoms with Crippen molar-refractivity contribution >= 4 is 39.9 Å². The Morgan fingerprint density at radius 2 is 2.00 bits per heavy atom. The Morgan fingerprint density at radius 1 is 1.26 bits per heavy atom. The van der Waals surface area contributed by atoms with Gasteiger partial charge < -0.3 is 15.4 Å². The van der Waals surface area contributed by atoms with Crippen LogP contribution in [0.1, 0.15) is 43.2 Å². The van der Waals surface area contributed by atoms with Gasteiger partial charge in [0, 0.05) is 23.5 Å². The maximum atomic E-state index is 12.2. The SMILES string of the molecule is CC(C)CCNc1nc(C(=O)O[C@@H](C)C(=O)NCc2ccccc2Cl)cs1. The van der Waals surface area contributed by atoms with E-state index in [2.05, 4.69) is 29.5 Å². The number of nitrogens with one attached hydrogen (secondary N) is 2. The van der Waals surface area contributed by atoms with Crippen molar-refractivity contribution < 1.29 is 14.3 Å². The summed E-state index contributed by atoms with van der Waals surface area (Å²) in [5, 5.41) is 8.74.